The molecule has 1 saturated heterocycles. The molecule has 2 aromatic rings. The maximum Gasteiger partial charge on any atom is 0.255 e. The Morgan fingerprint density at radius 3 is 2.28 bits per heavy atom. The minimum Gasteiger partial charge on any atom is -0.507 e. The normalized spacial score (nSPS) is 15.3. The van der Waals surface area contributed by atoms with Crippen LogP contribution in [0, 0.1) is 11.7 Å². The molecule has 0 radical (unpaired) electrons. The van der Waals surface area contributed by atoms with E-state index < -0.39 is 11.9 Å². The number of likely N-dealkylation sites (tertiary alicyclic amines) is 1. The average molecular weight is 445 g/mol. The molecule has 1 heterocycles. The lowest BCUT2D eigenvalue weighted by atomic mass is 9.99. The summed E-state index contributed by atoms with van der Waals surface area (Å²) in [4.78, 5) is 27.6. The van der Waals surface area contributed by atoms with Gasteiger partial charge in [-0.2, -0.15) is 0 Å². The number of phenols is 1. The van der Waals surface area contributed by atoms with Crippen LogP contribution in [0.4, 0.5) is 4.39 Å². The van der Waals surface area contributed by atoms with Crippen molar-refractivity contribution in [2.45, 2.75) is 38.8 Å². The molecule has 32 heavy (non-hydrogen) atoms. The molecule has 0 aromatic heterocycles. The molecule has 0 saturated carbocycles. The lowest BCUT2D eigenvalue weighted by Gasteiger charge is -2.35. The van der Waals surface area contributed by atoms with Gasteiger partial charge in [-0.3, -0.25) is 9.59 Å². The molecule has 1 atom stereocenters. The molecular formula is C24H29FN2O5. The molecule has 8 heteroatoms. The number of benzene rings is 2. The van der Waals surface area contributed by atoms with Gasteiger partial charge in [-0.15, -0.1) is 0 Å². The number of amides is 2. The predicted octanol–water partition coefficient (Wildman–Crippen LogP) is 3.36. The quantitative estimate of drug-likeness (QED) is 0.684. The molecule has 1 aliphatic heterocycles. The number of phenolic OH excluding ortho intramolecular Hbond substituents is 1. The van der Waals surface area contributed by atoms with Crippen LogP contribution in [0.15, 0.2) is 42.5 Å². The number of carbonyl (C=O) groups is 2. The number of methoxy groups -OCH3 is 1. The van der Waals surface area contributed by atoms with Gasteiger partial charge < -0.3 is 24.8 Å². The van der Waals surface area contributed by atoms with Crippen LogP contribution >= 0.6 is 0 Å². The van der Waals surface area contributed by atoms with Crippen LogP contribution in [0.3, 0.4) is 0 Å². The van der Waals surface area contributed by atoms with E-state index in [1.54, 1.807) is 23.1 Å². The second-order valence-electron chi connectivity index (χ2n) is 8.17. The maximum atomic E-state index is 13.1. The van der Waals surface area contributed by atoms with Crippen molar-refractivity contribution < 1.29 is 28.6 Å². The minimum atomic E-state index is -0.724. The summed E-state index contributed by atoms with van der Waals surface area (Å²) in [5.74, 6) is -0.324. The summed E-state index contributed by atoms with van der Waals surface area (Å²) in [5, 5.41) is 12.9. The zero-order chi connectivity index (χ0) is 23.3. The van der Waals surface area contributed by atoms with Gasteiger partial charge in [0.25, 0.3) is 5.91 Å². The number of rotatable bonds is 7. The number of hydrogen-bond donors (Lipinski definition) is 2. The first-order chi connectivity index (χ1) is 15.3. The average Bonchev–Trinajstić information content (AvgIpc) is 2.78. The summed E-state index contributed by atoms with van der Waals surface area (Å²) in [5.41, 5.74) is 0.0793. The largest absolute Gasteiger partial charge is 0.507 e. The van der Waals surface area contributed by atoms with Gasteiger partial charge in [-0.1, -0.05) is 13.8 Å². The molecule has 2 aromatic carbocycles. The van der Waals surface area contributed by atoms with Gasteiger partial charge in [0.2, 0.25) is 5.91 Å². The topological polar surface area (TPSA) is 88.1 Å². The van der Waals surface area contributed by atoms with Crippen molar-refractivity contribution in [1.29, 1.82) is 0 Å². The van der Waals surface area contributed by atoms with E-state index >= 15 is 0 Å². The number of carbonyl (C=O) groups excluding carboxylic acids is 2. The van der Waals surface area contributed by atoms with E-state index in [2.05, 4.69) is 5.32 Å². The molecule has 172 valence electrons. The monoisotopic (exact) mass is 444 g/mol. The van der Waals surface area contributed by atoms with E-state index in [0.717, 1.165) is 0 Å². The van der Waals surface area contributed by atoms with E-state index in [0.29, 0.717) is 37.4 Å². The fourth-order valence-corrected chi connectivity index (χ4v) is 3.66. The zero-order valence-electron chi connectivity index (χ0n) is 18.5. The third-order valence-corrected chi connectivity index (χ3v) is 5.54. The Morgan fingerprint density at radius 2 is 1.72 bits per heavy atom. The molecule has 2 N–H and O–H groups in total. The van der Waals surface area contributed by atoms with Crippen LogP contribution in [0.5, 0.6) is 17.2 Å². The van der Waals surface area contributed by atoms with E-state index in [1.165, 1.54) is 31.4 Å². The summed E-state index contributed by atoms with van der Waals surface area (Å²) in [6.07, 6.45) is 1.22. The first-order valence-corrected chi connectivity index (χ1v) is 10.7. The molecule has 1 fully saturated rings. The van der Waals surface area contributed by atoms with Crippen molar-refractivity contribution >= 4 is 11.8 Å². The number of nitrogens with zero attached hydrogens (tertiary/aromatic N) is 1. The predicted molar refractivity (Wildman–Crippen MR) is 117 cm³/mol. The van der Waals surface area contributed by atoms with Gasteiger partial charge in [0.15, 0.2) is 0 Å². The summed E-state index contributed by atoms with van der Waals surface area (Å²) < 4.78 is 24.0. The highest BCUT2D eigenvalue weighted by atomic mass is 19.1. The first kappa shape index (κ1) is 23.4. The van der Waals surface area contributed by atoms with Gasteiger partial charge in [-0.25, -0.2) is 4.39 Å². The summed E-state index contributed by atoms with van der Waals surface area (Å²) in [6, 6.07) is 9.55. The van der Waals surface area contributed by atoms with Crippen molar-refractivity contribution in [2.24, 2.45) is 5.92 Å². The molecule has 0 aliphatic carbocycles. The second-order valence-corrected chi connectivity index (χ2v) is 8.17. The third kappa shape index (κ3) is 5.69. The molecule has 3 rings (SSSR count). The summed E-state index contributed by atoms with van der Waals surface area (Å²) >= 11 is 0. The van der Waals surface area contributed by atoms with Crippen LogP contribution < -0.4 is 14.8 Å². The number of nitrogens with one attached hydrogen (secondary N) is 1. The summed E-state index contributed by atoms with van der Waals surface area (Å²) in [6.45, 7) is 4.72. The molecule has 7 nitrogen and oxygen atoms in total. The Balaban J connectivity index is 1.59. The van der Waals surface area contributed by atoms with Crippen molar-refractivity contribution in [1.82, 2.24) is 10.2 Å². The number of aromatic hydroxyl groups is 1. The lowest BCUT2D eigenvalue weighted by Crippen LogP contribution is -2.53. The second kappa shape index (κ2) is 10.3. The van der Waals surface area contributed by atoms with Crippen molar-refractivity contribution in [3.8, 4) is 17.2 Å². The smallest absolute Gasteiger partial charge is 0.255 e. The number of hydrogen-bond acceptors (Lipinski definition) is 5. The van der Waals surface area contributed by atoms with Gasteiger partial charge in [-0.05, 0) is 42.3 Å². The van der Waals surface area contributed by atoms with Crippen LogP contribution in [0.2, 0.25) is 0 Å². The van der Waals surface area contributed by atoms with E-state index in [1.807, 2.05) is 13.8 Å². The number of piperidine rings is 1. The van der Waals surface area contributed by atoms with E-state index in [9.17, 15) is 19.1 Å². The zero-order valence-corrected chi connectivity index (χ0v) is 18.5. The highest BCUT2D eigenvalue weighted by Gasteiger charge is 2.32. The van der Waals surface area contributed by atoms with Gasteiger partial charge >= 0.3 is 0 Å². The van der Waals surface area contributed by atoms with Crippen LogP contribution in [-0.4, -0.2) is 54.2 Å². The van der Waals surface area contributed by atoms with Crippen molar-refractivity contribution in [3.05, 3.63) is 53.8 Å². The van der Waals surface area contributed by atoms with Crippen LogP contribution in [0.1, 0.15) is 37.0 Å². The highest BCUT2D eigenvalue weighted by molar-refractivity contribution is 5.99. The Labute approximate surface area is 187 Å². The Morgan fingerprint density at radius 1 is 1.09 bits per heavy atom. The molecule has 0 unspecified atom stereocenters. The van der Waals surface area contributed by atoms with Crippen LogP contribution in [-0.2, 0) is 4.79 Å². The molecule has 1 aliphatic rings. The van der Waals surface area contributed by atoms with Gasteiger partial charge in [0, 0.05) is 32.0 Å². The van der Waals surface area contributed by atoms with E-state index in [4.69, 9.17) is 9.47 Å². The van der Waals surface area contributed by atoms with Gasteiger partial charge in [0.05, 0.1) is 12.7 Å². The first-order valence-electron chi connectivity index (χ1n) is 10.7. The molecule has 0 spiro atoms. The maximum absolute atomic E-state index is 13.1. The van der Waals surface area contributed by atoms with Crippen molar-refractivity contribution in [2.75, 3.05) is 20.2 Å². The SMILES string of the molecule is COc1ccc(C(=O)N[C@H](C(=O)N2CCC(Oc3ccc(F)cc3)CC2)C(C)C)c(O)c1. The molecular weight excluding hydrogens is 415 g/mol. The summed E-state index contributed by atoms with van der Waals surface area (Å²) in [7, 11) is 1.47. The third-order valence-electron chi connectivity index (χ3n) is 5.54. The van der Waals surface area contributed by atoms with Crippen molar-refractivity contribution in [3.63, 3.8) is 0 Å². The lowest BCUT2D eigenvalue weighted by molar-refractivity contribution is -0.136. The standard InChI is InChI=1S/C24H29FN2O5/c1-15(2)22(26-23(29)20-9-8-19(31-3)14-21(20)28)24(30)27-12-10-18(11-13-27)32-17-6-4-16(25)5-7-17/h4-9,14-15,18,22,28H,10-13H2,1-3H3,(H,26,29)/t22-/m0/s1. The fraction of sp³-hybridized carbons (Fsp3) is 0.417. The molecule has 0 bridgehead atoms. The van der Waals surface area contributed by atoms with Crippen LogP contribution in [0.25, 0.3) is 0 Å². The highest BCUT2D eigenvalue weighted by Crippen LogP contribution is 2.24. The fourth-order valence-electron chi connectivity index (χ4n) is 3.66. The van der Waals surface area contributed by atoms with Gasteiger partial charge in [0.1, 0.15) is 35.2 Å². The Bertz CT molecular complexity index is 940. The minimum absolute atomic E-state index is 0.0622. The van der Waals surface area contributed by atoms with E-state index in [-0.39, 0.29) is 35.1 Å². The molecule has 2 amide bonds. The Hall–Kier alpha value is -3.29. The number of halogens is 1. The number of ether oxygens (including phenoxy) is 2. The Kier molecular flexibility index (Phi) is 7.56.